The van der Waals surface area contributed by atoms with Crippen LogP contribution in [0.2, 0.25) is 0 Å². The van der Waals surface area contributed by atoms with Gasteiger partial charge in [0.2, 0.25) is 5.88 Å². The molecule has 3 rings (SSSR count). The van der Waals surface area contributed by atoms with Crippen LogP contribution in [-0.4, -0.2) is 50.4 Å². The second-order valence-electron chi connectivity index (χ2n) is 5.62. The Morgan fingerprint density at radius 3 is 2.72 bits per heavy atom. The Kier molecular flexibility index (Phi) is 4.82. The summed E-state index contributed by atoms with van der Waals surface area (Å²) in [5, 5.41) is 21.0. The number of carbonyl (C=O) groups is 1. The highest BCUT2D eigenvalue weighted by Crippen LogP contribution is 2.24. The number of rotatable bonds is 4. The molecule has 0 spiro atoms. The monoisotopic (exact) mass is 348 g/mol. The van der Waals surface area contributed by atoms with E-state index in [1.54, 1.807) is 6.07 Å². The second-order valence-corrected chi connectivity index (χ2v) is 5.62. The van der Waals surface area contributed by atoms with Crippen molar-refractivity contribution in [2.75, 3.05) is 18.4 Å². The number of phenols is 1. The number of nitrogens with zero attached hydrogens (tertiary/aromatic N) is 3. The summed E-state index contributed by atoms with van der Waals surface area (Å²) in [6, 6.07) is 5.49. The lowest BCUT2D eigenvalue weighted by Gasteiger charge is -2.29. The Labute approximate surface area is 142 Å². The minimum atomic E-state index is -0.923. The number of anilines is 2. The smallest absolute Gasteiger partial charge is 0.407 e. The third-order valence-electron chi connectivity index (χ3n) is 3.86. The molecule has 0 aliphatic carbocycles. The molecule has 3 N–H and O–H groups in total. The van der Waals surface area contributed by atoms with E-state index in [2.05, 4.69) is 15.3 Å². The van der Waals surface area contributed by atoms with Gasteiger partial charge in [-0.3, -0.25) is 0 Å². The molecule has 0 atom stereocenters. The fourth-order valence-corrected chi connectivity index (χ4v) is 2.54. The van der Waals surface area contributed by atoms with Gasteiger partial charge in [-0.15, -0.1) is 0 Å². The highest BCUT2D eigenvalue weighted by Gasteiger charge is 2.23. The Morgan fingerprint density at radius 2 is 2.04 bits per heavy atom. The summed E-state index contributed by atoms with van der Waals surface area (Å²) in [7, 11) is 0. The number of ether oxygens (including phenoxy) is 1. The van der Waals surface area contributed by atoms with Gasteiger partial charge in [0.25, 0.3) is 0 Å². The summed E-state index contributed by atoms with van der Waals surface area (Å²) in [6.07, 6.45) is 1.45. The van der Waals surface area contributed by atoms with Crippen LogP contribution in [0.3, 0.4) is 0 Å². The zero-order valence-electron chi connectivity index (χ0n) is 13.2. The molecule has 0 saturated carbocycles. The topological polar surface area (TPSA) is 108 Å². The van der Waals surface area contributed by atoms with E-state index in [1.165, 1.54) is 23.4 Å². The molecular weight excluding hydrogens is 331 g/mol. The quantitative estimate of drug-likeness (QED) is 0.729. The number of carboxylic acid groups (broad SMARTS) is 1. The molecule has 8 nitrogen and oxygen atoms in total. The van der Waals surface area contributed by atoms with Gasteiger partial charge in [-0.2, -0.15) is 0 Å². The maximum atomic E-state index is 13.4. The van der Waals surface area contributed by atoms with Crippen molar-refractivity contribution in [1.29, 1.82) is 0 Å². The van der Waals surface area contributed by atoms with Gasteiger partial charge < -0.3 is 25.2 Å². The second kappa shape index (κ2) is 7.20. The number of halogens is 1. The average molecular weight is 348 g/mol. The first-order valence-corrected chi connectivity index (χ1v) is 7.73. The number of benzene rings is 1. The summed E-state index contributed by atoms with van der Waals surface area (Å²) < 4.78 is 19.1. The Bertz CT molecular complexity index is 766. The first-order chi connectivity index (χ1) is 12.0. The molecule has 25 heavy (non-hydrogen) atoms. The van der Waals surface area contributed by atoms with Crippen molar-refractivity contribution < 1.29 is 24.1 Å². The third kappa shape index (κ3) is 4.25. The summed E-state index contributed by atoms with van der Waals surface area (Å²) in [4.78, 5) is 20.3. The van der Waals surface area contributed by atoms with Gasteiger partial charge in [-0.1, -0.05) is 0 Å². The van der Waals surface area contributed by atoms with Crippen LogP contribution in [0.5, 0.6) is 11.6 Å². The van der Waals surface area contributed by atoms with Crippen LogP contribution in [0.4, 0.5) is 20.7 Å². The number of aromatic nitrogens is 2. The molecule has 1 fully saturated rings. The Morgan fingerprint density at radius 1 is 1.28 bits per heavy atom. The molecule has 9 heteroatoms. The lowest BCUT2D eigenvalue weighted by atomic mass is 10.1. The van der Waals surface area contributed by atoms with Gasteiger partial charge in [-0.05, 0) is 12.1 Å². The van der Waals surface area contributed by atoms with Crippen LogP contribution in [-0.2, 0) is 0 Å². The van der Waals surface area contributed by atoms with Crippen LogP contribution >= 0.6 is 0 Å². The molecule has 2 aromatic rings. The van der Waals surface area contributed by atoms with Crippen molar-refractivity contribution in [3.05, 3.63) is 36.4 Å². The van der Waals surface area contributed by atoms with E-state index in [4.69, 9.17) is 9.84 Å². The predicted octanol–water partition coefficient (Wildman–Crippen LogP) is 2.59. The molecule has 1 saturated heterocycles. The molecule has 2 heterocycles. The Hall–Kier alpha value is -3.10. The fourth-order valence-electron chi connectivity index (χ4n) is 2.54. The number of hydrogen-bond donors (Lipinski definition) is 3. The maximum Gasteiger partial charge on any atom is 0.407 e. The summed E-state index contributed by atoms with van der Waals surface area (Å²) in [6.45, 7) is 0.839. The number of piperidine rings is 1. The van der Waals surface area contributed by atoms with Crippen LogP contribution in [0.15, 0.2) is 30.6 Å². The lowest BCUT2D eigenvalue weighted by molar-refractivity contribution is 0.0870. The minimum absolute atomic E-state index is 0.121. The van der Waals surface area contributed by atoms with E-state index >= 15 is 0 Å². The van der Waals surface area contributed by atoms with Crippen LogP contribution in [0.25, 0.3) is 0 Å². The predicted molar refractivity (Wildman–Crippen MR) is 86.6 cm³/mol. The van der Waals surface area contributed by atoms with Crippen molar-refractivity contribution in [2.45, 2.75) is 18.9 Å². The van der Waals surface area contributed by atoms with Crippen molar-refractivity contribution >= 4 is 17.6 Å². The molecule has 1 amide bonds. The van der Waals surface area contributed by atoms with Crippen LogP contribution < -0.4 is 10.1 Å². The van der Waals surface area contributed by atoms with Gasteiger partial charge in [0.1, 0.15) is 18.2 Å². The molecule has 0 bridgehead atoms. The number of likely N-dealkylation sites (tertiary alicyclic amines) is 1. The molecule has 1 aromatic carbocycles. The van der Waals surface area contributed by atoms with Gasteiger partial charge in [0.05, 0.1) is 0 Å². The minimum Gasteiger partial charge on any atom is -0.505 e. The van der Waals surface area contributed by atoms with E-state index < -0.39 is 17.7 Å². The number of aromatic hydroxyl groups is 1. The molecule has 1 aromatic heterocycles. The standard InChI is InChI=1S/C16H17FN4O4/c17-12-7-10(1-2-13(12)22)20-14-8-15(19-9-18-14)25-11-3-5-21(6-4-11)16(23)24/h1-2,7-9,11,22H,3-6H2,(H,23,24)(H,18,19,20). The summed E-state index contributed by atoms with van der Waals surface area (Å²) in [5.41, 5.74) is 0.426. The van der Waals surface area contributed by atoms with Crippen molar-refractivity contribution in [1.82, 2.24) is 14.9 Å². The highest BCUT2D eigenvalue weighted by molar-refractivity contribution is 5.65. The van der Waals surface area contributed by atoms with E-state index in [0.717, 1.165) is 6.07 Å². The summed E-state index contributed by atoms with van der Waals surface area (Å²) in [5.74, 6) is -0.394. The maximum absolute atomic E-state index is 13.4. The zero-order chi connectivity index (χ0) is 17.8. The van der Waals surface area contributed by atoms with Gasteiger partial charge in [0, 0.05) is 43.8 Å². The zero-order valence-corrected chi connectivity index (χ0v) is 13.2. The normalized spacial score (nSPS) is 15.0. The van der Waals surface area contributed by atoms with Crippen LogP contribution in [0.1, 0.15) is 12.8 Å². The highest BCUT2D eigenvalue weighted by atomic mass is 19.1. The van der Waals surface area contributed by atoms with Crippen molar-refractivity contribution in [2.24, 2.45) is 0 Å². The van der Waals surface area contributed by atoms with E-state index in [9.17, 15) is 14.3 Å². The molecule has 0 unspecified atom stereocenters. The first kappa shape index (κ1) is 16.7. The van der Waals surface area contributed by atoms with E-state index in [0.29, 0.717) is 43.3 Å². The first-order valence-electron chi connectivity index (χ1n) is 7.73. The molecule has 1 aliphatic rings. The summed E-state index contributed by atoms with van der Waals surface area (Å²) >= 11 is 0. The molecule has 132 valence electrons. The third-order valence-corrected chi connectivity index (χ3v) is 3.86. The molecule has 0 radical (unpaired) electrons. The largest absolute Gasteiger partial charge is 0.505 e. The lowest BCUT2D eigenvalue weighted by Crippen LogP contribution is -2.41. The number of amides is 1. The van der Waals surface area contributed by atoms with E-state index in [1.807, 2.05) is 0 Å². The van der Waals surface area contributed by atoms with Crippen LogP contribution in [0, 0.1) is 5.82 Å². The van der Waals surface area contributed by atoms with Gasteiger partial charge in [0.15, 0.2) is 11.6 Å². The number of phenolic OH excluding ortho intramolecular Hbond substituents is 1. The Balaban J connectivity index is 1.62. The number of nitrogens with one attached hydrogen (secondary N) is 1. The van der Waals surface area contributed by atoms with Crippen molar-refractivity contribution in [3.63, 3.8) is 0 Å². The fraction of sp³-hybridized carbons (Fsp3) is 0.312. The molecular formula is C16H17FN4O4. The van der Waals surface area contributed by atoms with Gasteiger partial charge in [-0.25, -0.2) is 19.2 Å². The van der Waals surface area contributed by atoms with Gasteiger partial charge >= 0.3 is 6.09 Å². The van der Waals surface area contributed by atoms with Crippen molar-refractivity contribution in [3.8, 4) is 11.6 Å². The molecule has 1 aliphatic heterocycles. The number of hydrogen-bond acceptors (Lipinski definition) is 6. The average Bonchev–Trinajstić information content (AvgIpc) is 2.59. The van der Waals surface area contributed by atoms with E-state index in [-0.39, 0.29) is 6.10 Å². The SMILES string of the molecule is O=C(O)N1CCC(Oc2cc(Nc3ccc(O)c(F)c3)ncn2)CC1.